The summed E-state index contributed by atoms with van der Waals surface area (Å²) >= 11 is 0. The van der Waals surface area contributed by atoms with Crippen LogP contribution in [0, 0.1) is 0 Å². The van der Waals surface area contributed by atoms with E-state index in [0.717, 1.165) is 0 Å². The number of nitrogens with zero attached hydrogens (tertiary/aromatic N) is 1. The first kappa shape index (κ1) is 9.48. The van der Waals surface area contributed by atoms with E-state index < -0.39 is 5.54 Å². The Hall–Kier alpha value is -0.610. The molecule has 1 aliphatic heterocycles. The van der Waals surface area contributed by atoms with Gasteiger partial charge in [0.1, 0.15) is 11.6 Å². The Kier molecular flexibility index (Phi) is 2.39. The average molecular weight is 173 g/mol. The molecule has 2 unspecified atom stereocenters. The Morgan fingerprint density at radius 1 is 1.75 bits per heavy atom. The van der Waals surface area contributed by atoms with Crippen molar-refractivity contribution in [3.63, 3.8) is 0 Å². The van der Waals surface area contributed by atoms with Gasteiger partial charge in [-0.15, -0.1) is 0 Å². The smallest absolute Gasteiger partial charge is 0.326 e. The molecule has 2 atom stereocenters. The number of carbonyl (C=O) groups excluding carboxylic acids is 1. The second kappa shape index (κ2) is 3.03. The van der Waals surface area contributed by atoms with Crippen LogP contribution in [0.15, 0.2) is 0 Å². The summed E-state index contributed by atoms with van der Waals surface area (Å²) in [5.41, 5.74) is -0.562. The predicted molar refractivity (Wildman–Crippen MR) is 43.7 cm³/mol. The molecule has 1 aliphatic rings. The van der Waals surface area contributed by atoms with E-state index in [2.05, 4.69) is 0 Å². The maximum atomic E-state index is 11.3. The molecule has 0 aliphatic carbocycles. The highest BCUT2D eigenvalue weighted by Crippen LogP contribution is 2.28. The van der Waals surface area contributed by atoms with Crippen molar-refractivity contribution >= 4 is 5.97 Å². The van der Waals surface area contributed by atoms with Crippen molar-refractivity contribution < 1.29 is 14.6 Å². The molecule has 4 nitrogen and oxygen atoms in total. The summed E-state index contributed by atoms with van der Waals surface area (Å²) in [6.45, 7) is 1.74. The maximum Gasteiger partial charge on any atom is 0.326 e. The van der Waals surface area contributed by atoms with E-state index in [1.54, 1.807) is 0 Å². The molecule has 1 heterocycles. The van der Waals surface area contributed by atoms with Gasteiger partial charge < -0.3 is 9.84 Å². The Morgan fingerprint density at radius 3 is 2.58 bits per heavy atom. The third-order valence-electron chi connectivity index (χ3n) is 2.53. The van der Waals surface area contributed by atoms with Gasteiger partial charge >= 0.3 is 5.97 Å². The number of ether oxygens (including phenoxy) is 1. The van der Waals surface area contributed by atoms with Crippen molar-refractivity contribution in [2.75, 3.05) is 20.7 Å². The van der Waals surface area contributed by atoms with E-state index in [0.29, 0.717) is 6.42 Å². The lowest BCUT2D eigenvalue weighted by molar-refractivity contribution is -0.149. The first-order chi connectivity index (χ1) is 5.50. The fourth-order valence-electron chi connectivity index (χ4n) is 1.31. The van der Waals surface area contributed by atoms with E-state index >= 15 is 0 Å². The lowest BCUT2D eigenvalue weighted by Gasteiger charge is -2.27. The lowest BCUT2D eigenvalue weighted by Crippen LogP contribution is -2.45. The third-order valence-corrected chi connectivity index (χ3v) is 2.53. The van der Waals surface area contributed by atoms with Gasteiger partial charge in [0.25, 0.3) is 0 Å². The van der Waals surface area contributed by atoms with Gasteiger partial charge in [-0.1, -0.05) is 0 Å². The fourth-order valence-corrected chi connectivity index (χ4v) is 1.31. The van der Waals surface area contributed by atoms with Crippen molar-refractivity contribution in [2.24, 2.45) is 0 Å². The molecule has 1 saturated heterocycles. The van der Waals surface area contributed by atoms with Crippen LogP contribution in [-0.2, 0) is 9.53 Å². The summed E-state index contributed by atoms with van der Waals surface area (Å²) in [4.78, 5) is 13.2. The van der Waals surface area contributed by atoms with Crippen LogP contribution in [0.3, 0.4) is 0 Å². The van der Waals surface area contributed by atoms with E-state index in [-0.39, 0.29) is 18.7 Å². The van der Waals surface area contributed by atoms with Gasteiger partial charge in [-0.2, -0.15) is 0 Å². The molecule has 0 bridgehead atoms. The molecular weight excluding hydrogens is 158 g/mol. The number of hydrogen-bond acceptors (Lipinski definition) is 4. The van der Waals surface area contributed by atoms with Crippen LogP contribution in [-0.4, -0.2) is 48.3 Å². The van der Waals surface area contributed by atoms with Gasteiger partial charge in [0, 0.05) is 6.42 Å². The highest BCUT2D eigenvalue weighted by molar-refractivity contribution is 5.82. The molecule has 1 rings (SSSR count). The lowest BCUT2D eigenvalue weighted by atomic mass is 9.97. The molecule has 0 spiro atoms. The fraction of sp³-hybridized carbons (Fsp3) is 0.875. The van der Waals surface area contributed by atoms with Gasteiger partial charge in [-0.25, -0.2) is 0 Å². The Labute approximate surface area is 72.1 Å². The number of cyclic esters (lactones) is 1. The zero-order valence-electron chi connectivity index (χ0n) is 7.70. The highest BCUT2D eigenvalue weighted by atomic mass is 16.6. The average Bonchev–Trinajstić information content (AvgIpc) is 2.29. The molecule has 70 valence electrons. The second-order valence-electron chi connectivity index (χ2n) is 3.58. The van der Waals surface area contributed by atoms with E-state index in [4.69, 9.17) is 9.84 Å². The van der Waals surface area contributed by atoms with Crippen molar-refractivity contribution in [1.29, 1.82) is 0 Å². The molecular formula is C8H15NO3. The first-order valence-corrected chi connectivity index (χ1v) is 4.00. The molecule has 12 heavy (non-hydrogen) atoms. The summed E-state index contributed by atoms with van der Waals surface area (Å²) in [5.74, 6) is -0.244. The third kappa shape index (κ3) is 1.32. The van der Waals surface area contributed by atoms with Crippen LogP contribution in [0.2, 0.25) is 0 Å². The largest absolute Gasteiger partial charge is 0.458 e. The molecule has 0 aromatic rings. The number of aliphatic hydroxyl groups is 1. The minimum atomic E-state index is -0.562. The van der Waals surface area contributed by atoms with Crippen molar-refractivity contribution in [3.8, 4) is 0 Å². The normalized spacial score (nSPS) is 35.8. The zero-order chi connectivity index (χ0) is 9.35. The van der Waals surface area contributed by atoms with E-state index in [1.165, 1.54) is 0 Å². The number of esters is 1. The maximum absolute atomic E-state index is 11.3. The molecule has 0 saturated carbocycles. The van der Waals surface area contributed by atoms with Crippen LogP contribution in [0.5, 0.6) is 0 Å². The molecule has 0 amide bonds. The quantitative estimate of drug-likeness (QED) is 0.578. The topological polar surface area (TPSA) is 49.8 Å². The zero-order valence-corrected chi connectivity index (χ0v) is 7.70. The predicted octanol–water partition coefficient (Wildman–Crippen LogP) is -0.386. The van der Waals surface area contributed by atoms with Crippen LogP contribution < -0.4 is 0 Å². The summed E-state index contributed by atoms with van der Waals surface area (Å²) < 4.78 is 4.96. The summed E-state index contributed by atoms with van der Waals surface area (Å²) in [5, 5.41) is 8.80. The van der Waals surface area contributed by atoms with Crippen LogP contribution in [0.25, 0.3) is 0 Å². The van der Waals surface area contributed by atoms with Crippen LogP contribution in [0.1, 0.15) is 13.3 Å². The van der Waals surface area contributed by atoms with E-state index in [9.17, 15) is 4.79 Å². The standard InChI is InChI=1S/C8H15NO3/c1-8(9(2)3)4-6(5-10)12-7(8)11/h6,10H,4-5H2,1-3H3. The number of rotatable bonds is 2. The minimum absolute atomic E-state index is 0.0881. The van der Waals surface area contributed by atoms with Crippen molar-refractivity contribution in [1.82, 2.24) is 4.90 Å². The molecule has 0 aromatic heterocycles. The van der Waals surface area contributed by atoms with Crippen molar-refractivity contribution in [2.45, 2.75) is 25.0 Å². The Balaban J connectivity index is 2.74. The summed E-state index contributed by atoms with van der Waals surface area (Å²) in [6.07, 6.45) is 0.236. The van der Waals surface area contributed by atoms with Crippen LogP contribution >= 0.6 is 0 Å². The molecule has 4 heteroatoms. The molecule has 1 fully saturated rings. The molecule has 0 radical (unpaired) electrons. The Bertz CT molecular complexity index is 193. The summed E-state index contributed by atoms with van der Waals surface area (Å²) in [6, 6.07) is 0. The number of hydrogen-bond donors (Lipinski definition) is 1. The minimum Gasteiger partial charge on any atom is -0.458 e. The number of aliphatic hydroxyl groups excluding tert-OH is 1. The van der Waals surface area contributed by atoms with Gasteiger partial charge in [0.2, 0.25) is 0 Å². The SMILES string of the molecule is CN(C)C1(C)CC(CO)OC1=O. The Morgan fingerprint density at radius 2 is 2.33 bits per heavy atom. The first-order valence-electron chi connectivity index (χ1n) is 4.00. The number of likely N-dealkylation sites (N-methyl/N-ethyl adjacent to an activating group) is 1. The number of carbonyl (C=O) groups is 1. The van der Waals surface area contributed by atoms with Gasteiger partial charge in [-0.05, 0) is 21.0 Å². The monoisotopic (exact) mass is 173 g/mol. The van der Waals surface area contributed by atoms with Crippen LogP contribution in [0.4, 0.5) is 0 Å². The summed E-state index contributed by atoms with van der Waals surface area (Å²) in [7, 11) is 3.67. The molecule has 0 aromatic carbocycles. The van der Waals surface area contributed by atoms with E-state index in [1.807, 2.05) is 25.9 Å². The van der Waals surface area contributed by atoms with Crippen molar-refractivity contribution in [3.05, 3.63) is 0 Å². The molecule has 1 N–H and O–H groups in total. The van der Waals surface area contributed by atoms with Gasteiger partial charge in [0.05, 0.1) is 6.61 Å². The van der Waals surface area contributed by atoms with Gasteiger partial charge in [0.15, 0.2) is 0 Å². The second-order valence-corrected chi connectivity index (χ2v) is 3.58. The highest BCUT2D eigenvalue weighted by Gasteiger charge is 2.46. The van der Waals surface area contributed by atoms with Gasteiger partial charge in [-0.3, -0.25) is 9.69 Å².